The van der Waals surface area contributed by atoms with E-state index < -0.39 is 19.7 Å². The number of hydrogen-bond acceptors (Lipinski definition) is 5. The Morgan fingerprint density at radius 2 is 1.21 bits per heavy atom. The minimum Gasteiger partial charge on any atom is -0.345 e. The predicted molar refractivity (Wildman–Crippen MR) is 189 cm³/mol. The van der Waals surface area contributed by atoms with Gasteiger partial charge in [-0.25, -0.2) is 16.8 Å². The van der Waals surface area contributed by atoms with Crippen LogP contribution >= 0.6 is 0 Å². The summed E-state index contributed by atoms with van der Waals surface area (Å²) in [6.45, 7) is 5.60. The lowest BCUT2D eigenvalue weighted by molar-refractivity contribution is -0.429. The molecule has 4 aliphatic rings. The Morgan fingerprint density at radius 3 is 1.88 bits per heavy atom. The van der Waals surface area contributed by atoms with E-state index >= 15 is 0 Å². The van der Waals surface area contributed by atoms with E-state index in [0.29, 0.717) is 25.5 Å². The first kappa shape index (κ1) is 31.0. The predicted octanol–water partition coefficient (Wildman–Crippen LogP) is 7.69. The van der Waals surface area contributed by atoms with Crippen LogP contribution in [0.3, 0.4) is 0 Å². The molecule has 0 N–H and O–H groups in total. The molecule has 0 amide bonds. The van der Waals surface area contributed by atoms with Gasteiger partial charge in [0.15, 0.2) is 12.3 Å². The molecule has 1 atom stereocenters. The molecule has 2 aliphatic carbocycles. The number of benzene rings is 4. The average Bonchev–Trinajstić information content (AvgIpc) is 3.72. The van der Waals surface area contributed by atoms with Gasteiger partial charge in [0, 0.05) is 48.5 Å². The Balaban J connectivity index is 1.07. The molecular weight excluding hydrogens is 637 g/mol. The summed E-state index contributed by atoms with van der Waals surface area (Å²) in [4.78, 5) is 3.74. The van der Waals surface area contributed by atoms with Crippen molar-refractivity contribution in [3.8, 4) is 0 Å². The molecule has 0 fully saturated rings. The molecule has 0 saturated heterocycles. The summed E-state index contributed by atoms with van der Waals surface area (Å²) in [5.41, 5.74) is 10.4. The van der Waals surface area contributed by atoms with Gasteiger partial charge in [0.2, 0.25) is 25.4 Å². The molecule has 4 aromatic carbocycles. The second-order valence-corrected chi connectivity index (χ2v) is 17.5. The van der Waals surface area contributed by atoms with E-state index in [1.165, 1.54) is 17.0 Å². The molecule has 8 heteroatoms. The smallest absolute Gasteiger partial charge is 0.208 e. The molecule has 2 heterocycles. The van der Waals surface area contributed by atoms with Crippen molar-refractivity contribution in [1.29, 1.82) is 0 Å². The summed E-state index contributed by atoms with van der Waals surface area (Å²) in [6, 6.07) is 25.3. The van der Waals surface area contributed by atoms with Crippen molar-refractivity contribution in [1.82, 2.24) is 0 Å². The van der Waals surface area contributed by atoms with E-state index in [9.17, 15) is 16.8 Å². The third-order valence-corrected chi connectivity index (χ3v) is 14.0. The van der Waals surface area contributed by atoms with Crippen LogP contribution in [0.15, 0.2) is 128 Å². The first-order valence-electron chi connectivity index (χ1n) is 16.8. The van der Waals surface area contributed by atoms with Crippen LogP contribution < -0.4 is 4.90 Å². The first-order valence-corrected chi connectivity index (χ1v) is 19.8. The van der Waals surface area contributed by atoms with Crippen molar-refractivity contribution in [3.63, 3.8) is 0 Å². The Bertz CT molecular complexity index is 2280. The molecule has 2 aliphatic heterocycles. The summed E-state index contributed by atoms with van der Waals surface area (Å²) in [5, 5.41) is 0. The number of hydrogen-bond donors (Lipinski definition) is 0. The van der Waals surface area contributed by atoms with Gasteiger partial charge in [0.05, 0.1) is 19.6 Å². The van der Waals surface area contributed by atoms with Crippen LogP contribution in [0.5, 0.6) is 0 Å². The van der Waals surface area contributed by atoms with E-state index in [-0.39, 0.29) is 0 Å². The van der Waals surface area contributed by atoms with E-state index in [1.54, 1.807) is 36.4 Å². The molecule has 1 unspecified atom stereocenters. The summed E-state index contributed by atoms with van der Waals surface area (Å²) >= 11 is 0. The Kier molecular flexibility index (Phi) is 7.57. The van der Waals surface area contributed by atoms with Gasteiger partial charge in [-0.1, -0.05) is 35.4 Å². The molecule has 0 radical (unpaired) electrons. The van der Waals surface area contributed by atoms with Gasteiger partial charge in [0.25, 0.3) is 0 Å². The van der Waals surface area contributed by atoms with E-state index in [2.05, 4.69) is 21.6 Å². The number of allylic oxidation sites excluding steroid dienone is 4. The lowest BCUT2D eigenvalue weighted by Crippen LogP contribution is -2.27. The number of aryl methyl sites for hydroxylation is 2. The molecule has 4 aromatic rings. The Morgan fingerprint density at radius 1 is 0.625 bits per heavy atom. The van der Waals surface area contributed by atoms with Crippen LogP contribution in [0, 0.1) is 19.8 Å². The van der Waals surface area contributed by atoms with Crippen molar-refractivity contribution in [2.75, 3.05) is 18.0 Å². The first-order chi connectivity index (χ1) is 23.1. The minimum absolute atomic E-state index is 0.327. The van der Waals surface area contributed by atoms with Gasteiger partial charge in [-0.3, -0.25) is 0 Å². The van der Waals surface area contributed by atoms with Crippen LogP contribution in [-0.4, -0.2) is 40.2 Å². The summed E-state index contributed by atoms with van der Waals surface area (Å²) in [7, 11) is -7.15. The van der Waals surface area contributed by atoms with Gasteiger partial charge in [-0.2, -0.15) is 4.58 Å². The highest BCUT2D eigenvalue weighted by Crippen LogP contribution is 2.42. The average molecular weight is 676 g/mol. The van der Waals surface area contributed by atoms with Crippen LogP contribution in [-0.2, 0) is 32.5 Å². The van der Waals surface area contributed by atoms with E-state index in [4.69, 9.17) is 0 Å². The standard InChI is InChI=1S/C40H39N2O4S2/c1-27-3-11-35(12-4-27)47(43,44)37-15-17-39-30(25-37)19-21-41(39)33-9-7-29-8-10-34(24-32(29)23-33)42-22-20-31-26-38(16-18-40(31)42)48(45,46)36-13-5-28(2)6-14-36/h3-6,11-18,23-26,29H,7-10,19-22H2,1-2H3/q+1. The quantitative estimate of drug-likeness (QED) is 0.203. The topological polar surface area (TPSA) is 74.5 Å². The number of rotatable bonds is 5. The highest BCUT2D eigenvalue weighted by atomic mass is 32.2. The molecule has 244 valence electrons. The fraction of sp³-hybridized carbons (Fsp3) is 0.275. The second kappa shape index (κ2) is 11.7. The molecule has 6 nitrogen and oxygen atoms in total. The van der Waals surface area contributed by atoms with Crippen molar-refractivity contribution >= 4 is 36.8 Å². The molecular formula is C40H39N2O4S2+. The van der Waals surface area contributed by atoms with Crippen LogP contribution in [0.25, 0.3) is 0 Å². The third kappa shape index (κ3) is 5.35. The zero-order valence-electron chi connectivity index (χ0n) is 27.3. The van der Waals surface area contributed by atoms with Gasteiger partial charge in [-0.05, 0) is 117 Å². The SMILES string of the molecule is Cc1ccc(S(=O)(=O)c2ccc3c(c2)CCN3C2=CC3=CC(=[N+]4CCc5cc(S(=O)(=O)c6ccc(C)cc6)ccc54)CCC3CC2)cc1. The Hall–Kier alpha value is -4.27. The lowest BCUT2D eigenvalue weighted by Gasteiger charge is -2.32. The highest BCUT2D eigenvalue weighted by molar-refractivity contribution is 7.91. The van der Waals surface area contributed by atoms with Crippen LogP contribution in [0.1, 0.15) is 47.9 Å². The molecule has 0 spiro atoms. The van der Waals surface area contributed by atoms with Gasteiger partial charge < -0.3 is 4.90 Å². The third-order valence-electron chi connectivity index (χ3n) is 10.5. The monoisotopic (exact) mass is 675 g/mol. The van der Waals surface area contributed by atoms with Crippen LogP contribution in [0.2, 0.25) is 0 Å². The molecule has 48 heavy (non-hydrogen) atoms. The zero-order chi connectivity index (χ0) is 33.2. The number of anilines is 1. The van der Waals surface area contributed by atoms with Crippen LogP contribution in [0.4, 0.5) is 11.4 Å². The summed E-state index contributed by atoms with van der Waals surface area (Å²) < 4.78 is 55.8. The van der Waals surface area contributed by atoms with Gasteiger partial charge in [0.1, 0.15) is 0 Å². The van der Waals surface area contributed by atoms with Gasteiger partial charge >= 0.3 is 0 Å². The molecule has 0 aromatic heterocycles. The molecule has 0 bridgehead atoms. The second-order valence-electron chi connectivity index (χ2n) is 13.6. The maximum absolute atomic E-state index is 13.4. The Labute approximate surface area is 283 Å². The number of fused-ring (bicyclic) bond motifs is 3. The summed E-state index contributed by atoms with van der Waals surface area (Å²) in [5.74, 6) is 0.533. The van der Waals surface area contributed by atoms with Crippen molar-refractivity contribution in [2.45, 2.75) is 72.0 Å². The highest BCUT2D eigenvalue weighted by Gasteiger charge is 2.34. The number of nitrogens with zero attached hydrogens (tertiary/aromatic N) is 2. The zero-order valence-corrected chi connectivity index (χ0v) is 28.9. The summed E-state index contributed by atoms with van der Waals surface area (Å²) in [6.07, 6.45) is 10.6. The van der Waals surface area contributed by atoms with E-state index in [0.717, 1.165) is 85.2 Å². The van der Waals surface area contributed by atoms with Gasteiger partial charge in [-0.15, -0.1) is 0 Å². The van der Waals surface area contributed by atoms with Crippen molar-refractivity contribution in [2.24, 2.45) is 5.92 Å². The van der Waals surface area contributed by atoms with Crippen molar-refractivity contribution < 1.29 is 21.4 Å². The maximum Gasteiger partial charge on any atom is 0.208 e. The lowest BCUT2D eigenvalue weighted by atomic mass is 9.79. The number of sulfone groups is 2. The van der Waals surface area contributed by atoms with Crippen molar-refractivity contribution in [3.05, 3.63) is 131 Å². The minimum atomic E-state index is -3.57. The van der Waals surface area contributed by atoms with E-state index in [1.807, 2.05) is 62.4 Å². The largest absolute Gasteiger partial charge is 0.345 e. The molecule has 8 rings (SSSR count). The fourth-order valence-electron chi connectivity index (χ4n) is 7.75. The molecule has 0 saturated carbocycles. The normalized spacial score (nSPS) is 20.5. The fourth-order valence-corrected chi connectivity index (χ4v) is 10.4. The maximum atomic E-state index is 13.4.